The van der Waals surface area contributed by atoms with E-state index in [2.05, 4.69) is 22.0 Å². The first-order valence-electron chi connectivity index (χ1n) is 7.33. The van der Waals surface area contributed by atoms with Gasteiger partial charge in [-0.05, 0) is 30.9 Å². The van der Waals surface area contributed by atoms with Crippen molar-refractivity contribution in [3.63, 3.8) is 0 Å². The largest absolute Gasteiger partial charge is 0.339 e. The lowest BCUT2D eigenvalue weighted by Crippen LogP contribution is -2.31. The number of rotatable bonds is 3. The van der Waals surface area contributed by atoms with Crippen molar-refractivity contribution >= 4 is 0 Å². The molecule has 1 saturated carbocycles. The molecule has 2 aromatic heterocycles. The Morgan fingerprint density at radius 1 is 1.35 bits per heavy atom. The summed E-state index contributed by atoms with van der Waals surface area (Å²) in [5.74, 6) is 1.44. The number of hydrogen-bond acceptors (Lipinski definition) is 5. The molecule has 2 heterocycles. The molecule has 2 atom stereocenters. The van der Waals surface area contributed by atoms with Gasteiger partial charge >= 0.3 is 0 Å². The van der Waals surface area contributed by atoms with Gasteiger partial charge in [-0.3, -0.25) is 4.98 Å². The molecule has 0 amide bonds. The Bertz CT molecular complexity index is 581. The van der Waals surface area contributed by atoms with Gasteiger partial charge in [-0.2, -0.15) is 4.98 Å². The van der Waals surface area contributed by atoms with Crippen LogP contribution in [-0.4, -0.2) is 21.2 Å². The first-order valence-corrected chi connectivity index (χ1v) is 7.33. The van der Waals surface area contributed by atoms with E-state index in [1.807, 2.05) is 12.1 Å². The summed E-state index contributed by atoms with van der Waals surface area (Å²) < 4.78 is 5.45. The van der Waals surface area contributed by atoms with Gasteiger partial charge in [0, 0.05) is 12.2 Å². The molecule has 1 fully saturated rings. The molecule has 106 valence electrons. The van der Waals surface area contributed by atoms with Gasteiger partial charge in [0.05, 0.1) is 5.92 Å². The van der Waals surface area contributed by atoms with Gasteiger partial charge in [0.1, 0.15) is 5.69 Å². The molecule has 2 unspecified atom stereocenters. The zero-order valence-electron chi connectivity index (χ0n) is 11.7. The number of pyridine rings is 1. The first-order chi connectivity index (χ1) is 9.79. The van der Waals surface area contributed by atoms with Crippen molar-refractivity contribution in [1.82, 2.24) is 15.1 Å². The van der Waals surface area contributed by atoms with Gasteiger partial charge in [-0.1, -0.05) is 31.0 Å². The highest BCUT2D eigenvalue weighted by Gasteiger charge is 2.28. The van der Waals surface area contributed by atoms with Crippen molar-refractivity contribution in [2.45, 2.75) is 51.0 Å². The van der Waals surface area contributed by atoms with Crippen LogP contribution in [0.4, 0.5) is 0 Å². The topological polar surface area (TPSA) is 77.8 Å². The van der Waals surface area contributed by atoms with E-state index >= 15 is 0 Å². The van der Waals surface area contributed by atoms with E-state index in [0.717, 1.165) is 30.5 Å². The summed E-state index contributed by atoms with van der Waals surface area (Å²) in [7, 11) is 0. The minimum Gasteiger partial charge on any atom is -0.339 e. The van der Waals surface area contributed by atoms with E-state index in [9.17, 15) is 0 Å². The molecule has 0 bridgehead atoms. The molecular formula is C15H20N4O. The summed E-state index contributed by atoms with van der Waals surface area (Å²) in [6, 6.07) is 4.11. The Kier molecular flexibility index (Phi) is 3.78. The van der Waals surface area contributed by atoms with Gasteiger partial charge in [0.2, 0.25) is 11.7 Å². The Morgan fingerprint density at radius 2 is 2.20 bits per heavy atom. The fraction of sp³-hybridized carbons (Fsp3) is 0.533. The SMILES string of the molecule is CCc1cccnc1-c1noc(C2CCCCC2N)n1. The van der Waals surface area contributed by atoms with Crippen LogP contribution in [0.15, 0.2) is 22.9 Å². The second-order valence-electron chi connectivity index (χ2n) is 5.38. The van der Waals surface area contributed by atoms with E-state index in [1.165, 1.54) is 12.8 Å². The minimum atomic E-state index is 0.131. The van der Waals surface area contributed by atoms with E-state index in [1.54, 1.807) is 6.20 Å². The van der Waals surface area contributed by atoms with E-state index < -0.39 is 0 Å². The number of nitrogens with two attached hydrogens (primary N) is 1. The second kappa shape index (κ2) is 5.71. The quantitative estimate of drug-likeness (QED) is 0.929. The van der Waals surface area contributed by atoms with Crippen molar-refractivity contribution in [1.29, 1.82) is 0 Å². The minimum absolute atomic E-state index is 0.131. The summed E-state index contributed by atoms with van der Waals surface area (Å²) in [6.45, 7) is 2.10. The average molecular weight is 272 g/mol. The van der Waals surface area contributed by atoms with E-state index in [0.29, 0.717) is 11.7 Å². The highest BCUT2D eigenvalue weighted by Crippen LogP contribution is 2.32. The van der Waals surface area contributed by atoms with Crippen molar-refractivity contribution in [2.24, 2.45) is 5.73 Å². The molecule has 0 saturated heterocycles. The molecule has 5 nitrogen and oxygen atoms in total. The van der Waals surface area contributed by atoms with Crippen molar-refractivity contribution in [3.8, 4) is 11.5 Å². The predicted molar refractivity (Wildman–Crippen MR) is 76.1 cm³/mol. The van der Waals surface area contributed by atoms with E-state index in [4.69, 9.17) is 10.3 Å². The van der Waals surface area contributed by atoms with Crippen LogP contribution in [-0.2, 0) is 6.42 Å². The predicted octanol–water partition coefficient (Wildman–Crippen LogP) is 2.68. The molecule has 1 aliphatic carbocycles. The average Bonchev–Trinajstić information content (AvgIpc) is 2.97. The summed E-state index contributed by atoms with van der Waals surface area (Å²) in [6.07, 6.45) is 7.10. The summed E-state index contributed by atoms with van der Waals surface area (Å²) in [4.78, 5) is 8.92. The molecule has 1 aliphatic rings. The van der Waals surface area contributed by atoms with Crippen LogP contribution in [0.25, 0.3) is 11.5 Å². The first kappa shape index (κ1) is 13.2. The Balaban J connectivity index is 1.90. The van der Waals surface area contributed by atoms with Gasteiger partial charge in [-0.15, -0.1) is 0 Å². The van der Waals surface area contributed by atoms with Crippen LogP contribution >= 0.6 is 0 Å². The highest BCUT2D eigenvalue weighted by molar-refractivity contribution is 5.53. The third-order valence-corrected chi connectivity index (χ3v) is 4.06. The molecule has 0 aromatic carbocycles. The lowest BCUT2D eigenvalue weighted by atomic mass is 9.85. The standard InChI is InChI=1S/C15H20N4O/c1-2-10-6-5-9-17-13(10)14-18-15(20-19-14)11-7-3-4-8-12(11)16/h5-6,9,11-12H,2-4,7-8,16H2,1H3. The van der Waals surface area contributed by atoms with E-state index in [-0.39, 0.29) is 12.0 Å². The maximum absolute atomic E-state index is 6.17. The molecular weight excluding hydrogens is 252 g/mol. The molecule has 0 aliphatic heterocycles. The fourth-order valence-electron chi connectivity index (χ4n) is 2.87. The molecule has 20 heavy (non-hydrogen) atoms. The molecule has 0 spiro atoms. The number of hydrogen-bond donors (Lipinski definition) is 1. The molecule has 2 aromatic rings. The Labute approximate surface area is 118 Å². The summed E-state index contributed by atoms with van der Waals surface area (Å²) >= 11 is 0. The maximum Gasteiger partial charge on any atom is 0.231 e. The normalized spacial score (nSPS) is 22.9. The third-order valence-electron chi connectivity index (χ3n) is 4.06. The van der Waals surface area contributed by atoms with Crippen molar-refractivity contribution < 1.29 is 4.52 Å². The van der Waals surface area contributed by atoms with Crippen LogP contribution in [0.3, 0.4) is 0 Å². The Morgan fingerprint density at radius 3 is 3.00 bits per heavy atom. The fourth-order valence-corrected chi connectivity index (χ4v) is 2.87. The smallest absolute Gasteiger partial charge is 0.231 e. The number of nitrogens with zero attached hydrogens (tertiary/aromatic N) is 3. The highest BCUT2D eigenvalue weighted by atomic mass is 16.5. The maximum atomic E-state index is 6.17. The summed E-state index contributed by atoms with van der Waals surface area (Å²) in [5, 5.41) is 4.10. The van der Waals surface area contributed by atoms with Gasteiger partial charge in [0.25, 0.3) is 0 Å². The molecule has 0 radical (unpaired) electrons. The van der Waals surface area contributed by atoms with Crippen LogP contribution in [0.5, 0.6) is 0 Å². The third kappa shape index (κ3) is 2.45. The van der Waals surface area contributed by atoms with Crippen LogP contribution in [0.1, 0.15) is 50.0 Å². The number of aromatic nitrogens is 3. The van der Waals surface area contributed by atoms with Gasteiger partial charge in [-0.25, -0.2) is 0 Å². The lowest BCUT2D eigenvalue weighted by molar-refractivity contribution is 0.290. The van der Waals surface area contributed by atoms with Gasteiger partial charge in [0.15, 0.2) is 0 Å². The zero-order chi connectivity index (χ0) is 13.9. The monoisotopic (exact) mass is 272 g/mol. The number of aryl methyl sites for hydroxylation is 1. The van der Waals surface area contributed by atoms with Crippen molar-refractivity contribution in [3.05, 3.63) is 29.8 Å². The molecule has 2 N–H and O–H groups in total. The van der Waals surface area contributed by atoms with Crippen LogP contribution in [0.2, 0.25) is 0 Å². The van der Waals surface area contributed by atoms with Gasteiger partial charge < -0.3 is 10.3 Å². The van der Waals surface area contributed by atoms with Crippen LogP contribution < -0.4 is 5.73 Å². The lowest BCUT2D eigenvalue weighted by Gasteiger charge is -2.25. The Hall–Kier alpha value is -1.75. The molecule has 5 heteroatoms. The van der Waals surface area contributed by atoms with Crippen molar-refractivity contribution in [2.75, 3.05) is 0 Å². The zero-order valence-corrected chi connectivity index (χ0v) is 11.7. The second-order valence-corrected chi connectivity index (χ2v) is 5.38. The molecule has 3 rings (SSSR count). The summed E-state index contributed by atoms with van der Waals surface area (Å²) in [5.41, 5.74) is 8.12. The van der Waals surface area contributed by atoms with Crippen LogP contribution in [0, 0.1) is 0 Å².